The highest BCUT2D eigenvalue weighted by atomic mass is 16.5. The Morgan fingerprint density at radius 1 is 1.47 bits per heavy atom. The fourth-order valence-electron chi connectivity index (χ4n) is 1.91. The van der Waals surface area contributed by atoms with Crippen LogP contribution in [0.15, 0.2) is 6.20 Å². The maximum atomic E-state index is 5.82. The van der Waals surface area contributed by atoms with Gasteiger partial charge in [-0.05, 0) is 17.8 Å². The van der Waals surface area contributed by atoms with Gasteiger partial charge in [0, 0.05) is 12.1 Å². The number of nitrogens with zero attached hydrogens (tertiary/aromatic N) is 2. The first-order valence-electron chi connectivity index (χ1n) is 5.67. The molecule has 0 radical (unpaired) electrons. The van der Waals surface area contributed by atoms with E-state index in [4.69, 9.17) is 4.74 Å². The van der Waals surface area contributed by atoms with Gasteiger partial charge in [0.25, 0.3) is 0 Å². The molecule has 1 aromatic heterocycles. The molecule has 0 amide bonds. The number of hydrogen-bond acceptors (Lipinski definition) is 2. The minimum absolute atomic E-state index is 0.112. The van der Waals surface area contributed by atoms with Crippen molar-refractivity contribution >= 4 is 0 Å². The summed E-state index contributed by atoms with van der Waals surface area (Å²) in [5.74, 6) is 1.63. The molecule has 0 saturated heterocycles. The predicted octanol–water partition coefficient (Wildman–Crippen LogP) is 2.60. The van der Waals surface area contributed by atoms with Gasteiger partial charge in [0.05, 0.1) is 12.8 Å². The summed E-state index contributed by atoms with van der Waals surface area (Å²) in [5.41, 5.74) is 1.33. The van der Waals surface area contributed by atoms with Crippen LogP contribution in [0.1, 0.15) is 39.7 Å². The first kappa shape index (κ1) is 10.5. The monoisotopic (exact) mass is 208 g/mol. The first-order valence-corrected chi connectivity index (χ1v) is 5.67. The summed E-state index contributed by atoms with van der Waals surface area (Å²) < 4.78 is 7.83. The second-order valence-electron chi connectivity index (χ2n) is 5.54. The Kier molecular flexibility index (Phi) is 2.49. The normalized spacial score (nSPS) is 21.7. The molecule has 1 aliphatic rings. The summed E-state index contributed by atoms with van der Waals surface area (Å²) in [6.45, 7) is 10.6. The van der Waals surface area contributed by atoms with Crippen molar-refractivity contribution in [3.05, 3.63) is 11.8 Å². The maximum Gasteiger partial charge on any atom is 0.215 e. The van der Waals surface area contributed by atoms with E-state index in [-0.39, 0.29) is 5.41 Å². The average Bonchev–Trinajstić information content (AvgIpc) is 2.40. The zero-order valence-electron chi connectivity index (χ0n) is 10.1. The van der Waals surface area contributed by atoms with E-state index in [2.05, 4.69) is 32.8 Å². The molecule has 0 aliphatic carbocycles. The molecule has 0 bridgehead atoms. The zero-order valence-corrected chi connectivity index (χ0v) is 10.1. The van der Waals surface area contributed by atoms with Crippen molar-refractivity contribution in [2.24, 2.45) is 5.92 Å². The number of fused-ring (bicyclic) bond motifs is 1. The Morgan fingerprint density at radius 2 is 2.20 bits per heavy atom. The van der Waals surface area contributed by atoms with E-state index in [9.17, 15) is 0 Å². The van der Waals surface area contributed by atoms with Gasteiger partial charge in [0.1, 0.15) is 0 Å². The molecule has 3 heteroatoms. The van der Waals surface area contributed by atoms with Gasteiger partial charge in [-0.25, -0.2) is 4.68 Å². The Hall–Kier alpha value is -0.990. The summed E-state index contributed by atoms with van der Waals surface area (Å²) in [7, 11) is 0. The zero-order chi connectivity index (χ0) is 11.1. The molecule has 3 nitrogen and oxygen atoms in total. The Morgan fingerprint density at radius 3 is 2.87 bits per heavy atom. The van der Waals surface area contributed by atoms with Gasteiger partial charge < -0.3 is 4.74 Å². The third kappa shape index (κ3) is 2.01. The molecule has 15 heavy (non-hydrogen) atoms. The van der Waals surface area contributed by atoms with Crippen LogP contribution in [0.25, 0.3) is 0 Å². The van der Waals surface area contributed by atoms with Crippen LogP contribution in [0.3, 0.4) is 0 Å². The molecule has 1 atom stereocenters. The summed E-state index contributed by atoms with van der Waals surface area (Å²) in [4.78, 5) is 0. The predicted molar refractivity (Wildman–Crippen MR) is 60.2 cm³/mol. The lowest BCUT2D eigenvalue weighted by Crippen LogP contribution is -2.13. The van der Waals surface area contributed by atoms with Gasteiger partial charge in [-0.1, -0.05) is 27.7 Å². The van der Waals surface area contributed by atoms with E-state index in [1.807, 2.05) is 10.9 Å². The summed E-state index contributed by atoms with van der Waals surface area (Å²) in [5, 5.41) is 4.43. The van der Waals surface area contributed by atoms with Crippen molar-refractivity contribution in [2.75, 3.05) is 6.61 Å². The minimum Gasteiger partial charge on any atom is -0.478 e. The molecular formula is C12H20N2O. The third-order valence-corrected chi connectivity index (χ3v) is 2.93. The van der Waals surface area contributed by atoms with E-state index in [1.165, 1.54) is 5.56 Å². The molecule has 0 unspecified atom stereocenters. The standard InChI is InChI=1S/C12H20N2O/c1-9-5-6-15-11-10(12(2,3)4)7-13-14(11)8-9/h7,9H,5-6,8H2,1-4H3/t9-/m1/s1. The Labute approximate surface area is 91.4 Å². The third-order valence-electron chi connectivity index (χ3n) is 2.93. The average molecular weight is 208 g/mol. The highest BCUT2D eigenvalue weighted by molar-refractivity contribution is 5.31. The molecule has 2 heterocycles. The van der Waals surface area contributed by atoms with Crippen LogP contribution in [-0.4, -0.2) is 16.4 Å². The van der Waals surface area contributed by atoms with E-state index in [0.717, 1.165) is 25.5 Å². The Bertz CT molecular complexity index is 349. The van der Waals surface area contributed by atoms with Crippen LogP contribution < -0.4 is 4.74 Å². The number of ether oxygens (including phenoxy) is 1. The lowest BCUT2D eigenvalue weighted by molar-refractivity contribution is 0.288. The summed E-state index contributed by atoms with van der Waals surface area (Å²) in [6.07, 6.45) is 3.07. The Balaban J connectivity index is 2.38. The summed E-state index contributed by atoms with van der Waals surface area (Å²) >= 11 is 0. The fraction of sp³-hybridized carbons (Fsp3) is 0.750. The number of rotatable bonds is 0. The molecule has 0 N–H and O–H groups in total. The molecular weight excluding hydrogens is 188 g/mol. The van der Waals surface area contributed by atoms with Crippen molar-refractivity contribution < 1.29 is 4.74 Å². The molecule has 0 aromatic carbocycles. The quantitative estimate of drug-likeness (QED) is 0.655. The van der Waals surface area contributed by atoms with Crippen LogP contribution in [0.4, 0.5) is 0 Å². The first-order chi connectivity index (χ1) is 6.98. The minimum atomic E-state index is 0.112. The lowest BCUT2D eigenvalue weighted by atomic mass is 9.89. The van der Waals surface area contributed by atoms with Gasteiger partial charge in [-0.2, -0.15) is 5.10 Å². The van der Waals surface area contributed by atoms with Crippen LogP contribution in [0.2, 0.25) is 0 Å². The summed E-state index contributed by atoms with van der Waals surface area (Å²) in [6, 6.07) is 0. The fourth-order valence-corrected chi connectivity index (χ4v) is 1.91. The van der Waals surface area contributed by atoms with E-state index in [0.29, 0.717) is 5.92 Å². The smallest absolute Gasteiger partial charge is 0.215 e. The topological polar surface area (TPSA) is 27.1 Å². The van der Waals surface area contributed by atoms with Crippen molar-refractivity contribution in [2.45, 2.75) is 46.1 Å². The molecule has 0 saturated carbocycles. The number of hydrogen-bond donors (Lipinski definition) is 0. The van der Waals surface area contributed by atoms with E-state index >= 15 is 0 Å². The van der Waals surface area contributed by atoms with Gasteiger partial charge in [-0.15, -0.1) is 0 Å². The van der Waals surface area contributed by atoms with Gasteiger partial charge in [0.2, 0.25) is 5.88 Å². The van der Waals surface area contributed by atoms with Crippen molar-refractivity contribution in [3.8, 4) is 5.88 Å². The SMILES string of the molecule is C[C@@H]1CCOc2c(C(C)(C)C)cnn2C1. The molecule has 2 rings (SSSR count). The highest BCUT2D eigenvalue weighted by Crippen LogP contribution is 2.33. The molecule has 84 valence electrons. The second-order valence-corrected chi connectivity index (χ2v) is 5.54. The van der Waals surface area contributed by atoms with Gasteiger partial charge in [0.15, 0.2) is 0 Å². The second kappa shape index (κ2) is 3.54. The van der Waals surface area contributed by atoms with Gasteiger partial charge in [-0.3, -0.25) is 0 Å². The largest absolute Gasteiger partial charge is 0.478 e. The van der Waals surface area contributed by atoms with Crippen molar-refractivity contribution in [1.29, 1.82) is 0 Å². The van der Waals surface area contributed by atoms with Crippen molar-refractivity contribution in [1.82, 2.24) is 9.78 Å². The van der Waals surface area contributed by atoms with Crippen LogP contribution in [0, 0.1) is 5.92 Å². The van der Waals surface area contributed by atoms with Crippen LogP contribution >= 0.6 is 0 Å². The molecule has 1 aromatic rings. The van der Waals surface area contributed by atoms with Crippen LogP contribution in [0.5, 0.6) is 5.88 Å². The molecule has 0 fully saturated rings. The number of aromatic nitrogens is 2. The van der Waals surface area contributed by atoms with Crippen molar-refractivity contribution in [3.63, 3.8) is 0 Å². The highest BCUT2D eigenvalue weighted by Gasteiger charge is 2.25. The van der Waals surface area contributed by atoms with E-state index in [1.54, 1.807) is 0 Å². The lowest BCUT2D eigenvalue weighted by Gasteiger charge is -2.18. The molecule has 0 spiro atoms. The molecule has 1 aliphatic heterocycles. The van der Waals surface area contributed by atoms with Gasteiger partial charge >= 0.3 is 0 Å². The van der Waals surface area contributed by atoms with E-state index < -0.39 is 0 Å². The van der Waals surface area contributed by atoms with Crippen LogP contribution in [-0.2, 0) is 12.0 Å². The maximum absolute atomic E-state index is 5.82.